The number of hydrogen-bond donors (Lipinski definition) is 5. The van der Waals surface area contributed by atoms with E-state index < -0.39 is 30.6 Å². The molecular weight excluding hydrogens is 364 g/mol. The molecule has 0 saturated carbocycles. The number of aliphatic hydroxyl groups is 3. The van der Waals surface area contributed by atoms with Gasteiger partial charge in [-0.1, -0.05) is 12.1 Å². The molecule has 1 aliphatic heterocycles. The highest BCUT2D eigenvalue weighted by atomic mass is 16.6. The minimum absolute atomic E-state index is 0.198. The zero-order valence-corrected chi connectivity index (χ0v) is 15.0. The summed E-state index contributed by atoms with van der Waals surface area (Å²) in [6, 6.07) is 7.35. The number of aliphatic hydroxyl groups excluding tert-OH is 3. The first-order valence-corrected chi connectivity index (χ1v) is 8.89. The van der Waals surface area contributed by atoms with E-state index in [4.69, 9.17) is 16.2 Å². The molecule has 0 amide bonds. The predicted molar refractivity (Wildman–Crippen MR) is 101 cm³/mol. The Bertz CT molecular complexity index is 978. The van der Waals surface area contributed by atoms with Crippen LogP contribution >= 0.6 is 0 Å². The molecule has 3 aromatic rings. The van der Waals surface area contributed by atoms with Crippen LogP contribution in [0.2, 0.25) is 0 Å². The fraction of sp³-hybridized carbons (Fsp3) is 0.389. The van der Waals surface area contributed by atoms with E-state index in [0.717, 1.165) is 5.56 Å². The summed E-state index contributed by atoms with van der Waals surface area (Å²) in [5.74, 6) is 0.198. The Hall–Kier alpha value is -2.79. The number of hydrogen-bond acceptors (Lipinski definition) is 9. The van der Waals surface area contributed by atoms with Gasteiger partial charge in [0.25, 0.3) is 0 Å². The third-order valence-electron chi connectivity index (χ3n) is 5.22. The van der Waals surface area contributed by atoms with Crippen molar-refractivity contribution in [2.75, 3.05) is 18.1 Å². The van der Waals surface area contributed by atoms with Crippen LogP contribution in [0.5, 0.6) is 0 Å². The summed E-state index contributed by atoms with van der Waals surface area (Å²) in [5.41, 5.74) is 12.6. The monoisotopic (exact) mass is 386 g/mol. The molecule has 0 bridgehead atoms. The minimum atomic E-state index is -1.39. The van der Waals surface area contributed by atoms with E-state index in [1.807, 2.05) is 12.1 Å². The normalized spacial score (nSPS) is 27.5. The quantitative estimate of drug-likeness (QED) is 0.359. The summed E-state index contributed by atoms with van der Waals surface area (Å²) in [7, 11) is 0. The summed E-state index contributed by atoms with van der Waals surface area (Å²) in [4.78, 5) is 12.4. The van der Waals surface area contributed by atoms with Gasteiger partial charge in [-0.15, -0.1) is 0 Å². The van der Waals surface area contributed by atoms with Crippen LogP contribution in [0.1, 0.15) is 12.0 Å². The summed E-state index contributed by atoms with van der Waals surface area (Å²) >= 11 is 0. The Morgan fingerprint density at radius 3 is 2.54 bits per heavy atom. The maximum atomic E-state index is 10.9. The van der Waals surface area contributed by atoms with E-state index in [1.165, 1.54) is 12.7 Å². The lowest BCUT2D eigenvalue weighted by Gasteiger charge is -2.34. The molecule has 0 unspecified atom stereocenters. The molecule has 10 nitrogen and oxygen atoms in total. The number of nitrogen functional groups attached to an aromatic ring is 2. The lowest BCUT2D eigenvalue weighted by atomic mass is 9.95. The molecule has 1 saturated heterocycles. The number of anilines is 2. The van der Waals surface area contributed by atoms with Crippen molar-refractivity contribution in [3.05, 3.63) is 42.5 Å². The van der Waals surface area contributed by atoms with Crippen LogP contribution in [0.4, 0.5) is 11.5 Å². The van der Waals surface area contributed by atoms with Crippen LogP contribution in [-0.2, 0) is 16.9 Å². The van der Waals surface area contributed by atoms with Crippen molar-refractivity contribution >= 4 is 22.7 Å². The zero-order valence-electron chi connectivity index (χ0n) is 15.0. The lowest BCUT2D eigenvalue weighted by Crippen LogP contribution is -2.46. The highest BCUT2D eigenvalue weighted by molar-refractivity contribution is 5.81. The van der Waals surface area contributed by atoms with Crippen molar-refractivity contribution in [3.63, 3.8) is 0 Å². The Balaban J connectivity index is 1.77. The van der Waals surface area contributed by atoms with Crippen molar-refractivity contribution in [2.24, 2.45) is 0 Å². The topological polar surface area (TPSA) is 166 Å². The number of nitrogens with two attached hydrogens (primary N) is 2. The zero-order chi connectivity index (χ0) is 19.9. The van der Waals surface area contributed by atoms with Gasteiger partial charge in [0.15, 0.2) is 17.2 Å². The number of ether oxygens (including phenoxy) is 1. The van der Waals surface area contributed by atoms with Crippen LogP contribution in [0, 0.1) is 0 Å². The molecule has 1 fully saturated rings. The van der Waals surface area contributed by atoms with Crippen molar-refractivity contribution in [1.82, 2.24) is 19.5 Å². The lowest BCUT2D eigenvalue weighted by molar-refractivity contribution is -0.150. The van der Waals surface area contributed by atoms with Gasteiger partial charge < -0.3 is 31.5 Å². The van der Waals surface area contributed by atoms with E-state index in [2.05, 4.69) is 15.0 Å². The fourth-order valence-electron chi connectivity index (χ4n) is 3.68. The van der Waals surface area contributed by atoms with E-state index in [1.54, 1.807) is 16.7 Å². The Labute approximate surface area is 160 Å². The second-order valence-electron chi connectivity index (χ2n) is 6.91. The van der Waals surface area contributed by atoms with Gasteiger partial charge in [-0.05, 0) is 24.1 Å². The van der Waals surface area contributed by atoms with Crippen molar-refractivity contribution in [3.8, 4) is 0 Å². The first-order valence-electron chi connectivity index (χ1n) is 8.89. The number of imidazole rings is 1. The summed E-state index contributed by atoms with van der Waals surface area (Å²) in [6.07, 6.45) is 0.0287. The molecule has 0 spiro atoms. The molecule has 2 aromatic heterocycles. The van der Waals surface area contributed by atoms with E-state index >= 15 is 0 Å². The average Bonchev–Trinajstić information content (AvgIpc) is 3.24. The van der Waals surface area contributed by atoms with E-state index in [-0.39, 0.29) is 5.82 Å². The first-order chi connectivity index (χ1) is 13.5. The number of aromatic nitrogens is 4. The Morgan fingerprint density at radius 1 is 1.11 bits per heavy atom. The molecule has 28 heavy (non-hydrogen) atoms. The van der Waals surface area contributed by atoms with Crippen LogP contribution in [0.15, 0.2) is 36.9 Å². The molecule has 4 atom stereocenters. The number of benzene rings is 1. The third-order valence-corrected chi connectivity index (χ3v) is 5.22. The van der Waals surface area contributed by atoms with Crippen LogP contribution in [0.25, 0.3) is 11.2 Å². The minimum Gasteiger partial charge on any atom is -0.399 e. The van der Waals surface area contributed by atoms with E-state index in [0.29, 0.717) is 29.7 Å². The summed E-state index contributed by atoms with van der Waals surface area (Å²) < 4.78 is 7.56. The van der Waals surface area contributed by atoms with Crippen LogP contribution < -0.4 is 11.5 Å². The van der Waals surface area contributed by atoms with Gasteiger partial charge >= 0.3 is 0 Å². The molecule has 3 heterocycles. The third kappa shape index (κ3) is 2.87. The Kier molecular flexibility index (Phi) is 4.63. The van der Waals surface area contributed by atoms with Gasteiger partial charge in [0, 0.05) is 12.1 Å². The molecule has 4 rings (SSSR count). The van der Waals surface area contributed by atoms with Crippen molar-refractivity contribution in [2.45, 2.75) is 36.9 Å². The first kappa shape index (κ1) is 18.6. The molecule has 10 heteroatoms. The molecule has 0 aliphatic carbocycles. The molecule has 1 aliphatic rings. The predicted octanol–water partition coefficient (Wildman–Crippen LogP) is -0.611. The van der Waals surface area contributed by atoms with Crippen LogP contribution in [0.3, 0.4) is 0 Å². The number of nitrogens with zero attached hydrogens (tertiary/aromatic N) is 4. The Morgan fingerprint density at radius 2 is 1.86 bits per heavy atom. The van der Waals surface area contributed by atoms with Gasteiger partial charge in [0.05, 0.1) is 12.9 Å². The molecule has 7 N–H and O–H groups in total. The molecule has 1 aromatic carbocycles. The largest absolute Gasteiger partial charge is 0.399 e. The summed E-state index contributed by atoms with van der Waals surface area (Å²) in [6.45, 7) is -0.439. The second kappa shape index (κ2) is 6.99. The van der Waals surface area contributed by atoms with Gasteiger partial charge in [-0.3, -0.25) is 4.57 Å². The second-order valence-corrected chi connectivity index (χ2v) is 6.91. The molecular formula is C18H22N6O4. The van der Waals surface area contributed by atoms with Gasteiger partial charge in [-0.2, -0.15) is 0 Å². The number of aryl methyl sites for hydroxylation is 1. The van der Waals surface area contributed by atoms with Crippen molar-refractivity contribution < 1.29 is 20.1 Å². The fourth-order valence-corrected chi connectivity index (χ4v) is 3.68. The maximum absolute atomic E-state index is 10.9. The standard InChI is InChI=1S/C18H22N6O4/c19-11-3-1-10(2-4-11)5-6-18(15(27)14(26)12(7-25)28-18)24-9-23-13-16(20)21-8-22-17(13)24/h1-4,8-9,12,14-15,25-27H,5-7,19H2,(H2,20,21,22)/t12-,14-,15-,18-/m1/s1. The van der Waals surface area contributed by atoms with Crippen LogP contribution in [-0.4, -0.2) is 59.8 Å². The van der Waals surface area contributed by atoms with E-state index in [9.17, 15) is 15.3 Å². The highest BCUT2D eigenvalue weighted by Crippen LogP contribution is 2.41. The van der Waals surface area contributed by atoms with Gasteiger partial charge in [-0.25, -0.2) is 15.0 Å². The van der Waals surface area contributed by atoms with Gasteiger partial charge in [0.1, 0.15) is 30.2 Å². The molecule has 0 radical (unpaired) electrons. The maximum Gasteiger partial charge on any atom is 0.176 e. The van der Waals surface area contributed by atoms with Gasteiger partial charge in [0.2, 0.25) is 0 Å². The van der Waals surface area contributed by atoms with Crippen molar-refractivity contribution in [1.29, 1.82) is 0 Å². The number of fused-ring (bicyclic) bond motifs is 1. The summed E-state index contributed by atoms with van der Waals surface area (Å²) in [5, 5.41) is 30.9. The smallest absolute Gasteiger partial charge is 0.176 e. The highest BCUT2D eigenvalue weighted by Gasteiger charge is 2.55. The molecule has 148 valence electrons. The SMILES string of the molecule is Nc1ccc(CC[C@@]2(n3cnc4c(N)ncnc43)O[C@H](CO)[C@@H](O)[C@H]2O)cc1. The average molecular weight is 386 g/mol. The number of rotatable bonds is 5.